The molecule has 5 heteroatoms. The molecule has 0 spiro atoms. The fourth-order valence-electron chi connectivity index (χ4n) is 1.12. The molecule has 0 saturated carbocycles. The third kappa shape index (κ3) is 3.76. The summed E-state index contributed by atoms with van der Waals surface area (Å²) in [6, 6.07) is 4.29. The van der Waals surface area contributed by atoms with E-state index in [1.807, 2.05) is 0 Å². The maximum Gasteiger partial charge on any atom is 0.416 e. The van der Waals surface area contributed by atoms with Crippen LogP contribution >= 0.6 is 0 Å². The maximum atomic E-state index is 12.4. The van der Waals surface area contributed by atoms with Crippen LogP contribution in [0.3, 0.4) is 0 Å². The topological polar surface area (TPSA) is 26.3 Å². The minimum absolute atomic E-state index is 0.0786. The van der Waals surface area contributed by atoms with Gasteiger partial charge in [0.25, 0.3) is 0 Å². The number of halogens is 3. The van der Waals surface area contributed by atoms with Crippen molar-refractivity contribution in [2.75, 3.05) is 0 Å². The molecule has 0 N–H and O–H groups in total. The van der Waals surface area contributed by atoms with Crippen LogP contribution in [0, 0.1) is 5.92 Å². The van der Waals surface area contributed by atoms with Crippen LogP contribution in [-0.4, -0.2) is 5.97 Å². The Morgan fingerprint density at radius 2 is 2.06 bits per heavy atom. The van der Waals surface area contributed by atoms with E-state index >= 15 is 0 Å². The summed E-state index contributed by atoms with van der Waals surface area (Å²) < 4.78 is 42.0. The molecule has 0 aliphatic carbocycles. The molecule has 2 nitrogen and oxygen atoms in total. The highest BCUT2D eigenvalue weighted by molar-refractivity contribution is 5.74. The van der Waals surface area contributed by atoms with Crippen molar-refractivity contribution in [3.8, 4) is 5.75 Å². The standard InChI is InChI=1S/C12H13F3O2/c1-3-8(2)11(16)17-10-6-4-5-9(7-10)12(13,14)15/h4-8H,3H2,1-2H3. The Labute approximate surface area is 97.4 Å². The predicted molar refractivity (Wildman–Crippen MR) is 56.5 cm³/mol. The molecule has 0 aliphatic rings. The first-order valence-electron chi connectivity index (χ1n) is 5.23. The minimum atomic E-state index is -4.43. The normalized spacial score (nSPS) is 13.2. The summed E-state index contributed by atoms with van der Waals surface area (Å²) in [7, 11) is 0. The first kappa shape index (κ1) is 13.5. The number of alkyl halides is 3. The van der Waals surface area contributed by atoms with Crippen molar-refractivity contribution < 1.29 is 22.7 Å². The van der Waals surface area contributed by atoms with Gasteiger partial charge in [0, 0.05) is 0 Å². The van der Waals surface area contributed by atoms with E-state index in [2.05, 4.69) is 0 Å². The van der Waals surface area contributed by atoms with Gasteiger partial charge >= 0.3 is 12.1 Å². The molecule has 1 atom stereocenters. The Bertz CT molecular complexity index is 399. The lowest BCUT2D eigenvalue weighted by atomic mass is 10.1. The van der Waals surface area contributed by atoms with Crippen LogP contribution in [-0.2, 0) is 11.0 Å². The lowest BCUT2D eigenvalue weighted by molar-refractivity contribution is -0.140. The summed E-state index contributed by atoms with van der Waals surface area (Å²) in [5, 5.41) is 0. The van der Waals surface area contributed by atoms with Crippen molar-refractivity contribution in [2.45, 2.75) is 26.4 Å². The summed E-state index contributed by atoms with van der Waals surface area (Å²) in [5.74, 6) is -0.929. The van der Waals surface area contributed by atoms with Gasteiger partial charge in [-0.05, 0) is 24.6 Å². The van der Waals surface area contributed by atoms with Crippen LogP contribution in [0.1, 0.15) is 25.8 Å². The zero-order valence-electron chi connectivity index (χ0n) is 9.54. The molecule has 0 amide bonds. The molecule has 0 aliphatic heterocycles. The summed E-state index contributed by atoms with van der Waals surface area (Å²) >= 11 is 0. The van der Waals surface area contributed by atoms with E-state index in [1.165, 1.54) is 12.1 Å². The predicted octanol–water partition coefficient (Wildman–Crippen LogP) is 3.66. The van der Waals surface area contributed by atoms with Crippen molar-refractivity contribution in [3.05, 3.63) is 29.8 Å². The van der Waals surface area contributed by atoms with Crippen molar-refractivity contribution >= 4 is 5.97 Å². The average Bonchev–Trinajstić information content (AvgIpc) is 2.27. The molecule has 0 fully saturated rings. The smallest absolute Gasteiger partial charge is 0.416 e. The number of rotatable bonds is 3. The van der Waals surface area contributed by atoms with E-state index in [1.54, 1.807) is 13.8 Å². The molecule has 1 unspecified atom stereocenters. The first-order valence-corrected chi connectivity index (χ1v) is 5.23. The lowest BCUT2D eigenvalue weighted by Gasteiger charge is -2.11. The molecule has 1 rings (SSSR count). The van der Waals surface area contributed by atoms with Crippen LogP contribution in [0.25, 0.3) is 0 Å². The molecule has 1 aromatic rings. The van der Waals surface area contributed by atoms with E-state index in [4.69, 9.17) is 4.74 Å². The van der Waals surface area contributed by atoms with E-state index in [-0.39, 0.29) is 11.7 Å². The highest BCUT2D eigenvalue weighted by Gasteiger charge is 2.30. The van der Waals surface area contributed by atoms with E-state index in [9.17, 15) is 18.0 Å². The second-order valence-electron chi connectivity index (χ2n) is 3.76. The maximum absolute atomic E-state index is 12.4. The molecule has 0 saturated heterocycles. The fourth-order valence-corrected chi connectivity index (χ4v) is 1.12. The van der Waals surface area contributed by atoms with Crippen molar-refractivity contribution in [2.24, 2.45) is 5.92 Å². The number of carbonyl (C=O) groups is 1. The van der Waals surface area contributed by atoms with Gasteiger partial charge in [0.05, 0.1) is 11.5 Å². The number of benzene rings is 1. The summed E-state index contributed by atoms with van der Waals surface area (Å²) in [5.41, 5.74) is -0.827. The average molecular weight is 246 g/mol. The molecule has 94 valence electrons. The highest BCUT2D eigenvalue weighted by atomic mass is 19.4. The van der Waals surface area contributed by atoms with E-state index in [0.717, 1.165) is 12.1 Å². The number of carbonyl (C=O) groups excluding carboxylic acids is 1. The molecule has 0 aromatic heterocycles. The summed E-state index contributed by atoms with van der Waals surface area (Å²) in [4.78, 5) is 11.4. The van der Waals surface area contributed by atoms with E-state index < -0.39 is 17.7 Å². The lowest BCUT2D eigenvalue weighted by Crippen LogP contribution is -2.17. The monoisotopic (exact) mass is 246 g/mol. The van der Waals surface area contributed by atoms with Gasteiger partial charge < -0.3 is 4.74 Å². The Balaban J connectivity index is 2.83. The summed E-state index contributed by atoms with van der Waals surface area (Å²) in [6.45, 7) is 3.47. The third-order valence-electron chi connectivity index (χ3n) is 2.39. The molecule has 0 bridgehead atoms. The van der Waals surface area contributed by atoms with Gasteiger partial charge in [-0.25, -0.2) is 0 Å². The molecular formula is C12H13F3O2. The Morgan fingerprint density at radius 3 is 2.59 bits per heavy atom. The van der Waals surface area contributed by atoms with Gasteiger partial charge in [0.2, 0.25) is 0 Å². The highest BCUT2D eigenvalue weighted by Crippen LogP contribution is 2.31. The molecular weight excluding hydrogens is 233 g/mol. The molecule has 0 heterocycles. The zero-order valence-corrected chi connectivity index (χ0v) is 9.54. The molecule has 1 aromatic carbocycles. The SMILES string of the molecule is CCC(C)C(=O)Oc1cccc(C(F)(F)F)c1. The van der Waals surface area contributed by atoms with Gasteiger partial charge in [-0.1, -0.05) is 19.9 Å². The second-order valence-corrected chi connectivity index (χ2v) is 3.76. The second kappa shape index (κ2) is 5.21. The minimum Gasteiger partial charge on any atom is -0.426 e. The number of hydrogen-bond acceptors (Lipinski definition) is 2. The third-order valence-corrected chi connectivity index (χ3v) is 2.39. The van der Waals surface area contributed by atoms with Gasteiger partial charge in [-0.2, -0.15) is 13.2 Å². The molecule has 17 heavy (non-hydrogen) atoms. The number of esters is 1. The molecule has 0 radical (unpaired) electrons. The van der Waals surface area contributed by atoms with Crippen LogP contribution in [0.4, 0.5) is 13.2 Å². The summed E-state index contributed by atoms with van der Waals surface area (Å²) in [6.07, 6.45) is -3.85. The zero-order chi connectivity index (χ0) is 13.1. The van der Waals surface area contributed by atoms with Gasteiger partial charge in [-0.3, -0.25) is 4.79 Å². The first-order chi connectivity index (χ1) is 7.84. The van der Waals surface area contributed by atoms with Gasteiger partial charge in [-0.15, -0.1) is 0 Å². The van der Waals surface area contributed by atoms with Crippen molar-refractivity contribution in [3.63, 3.8) is 0 Å². The number of hydrogen-bond donors (Lipinski definition) is 0. The van der Waals surface area contributed by atoms with Crippen LogP contribution in [0.15, 0.2) is 24.3 Å². The van der Waals surface area contributed by atoms with Crippen LogP contribution in [0.2, 0.25) is 0 Å². The fraction of sp³-hybridized carbons (Fsp3) is 0.417. The largest absolute Gasteiger partial charge is 0.426 e. The van der Waals surface area contributed by atoms with Crippen LogP contribution < -0.4 is 4.74 Å². The number of ether oxygens (including phenoxy) is 1. The van der Waals surface area contributed by atoms with Crippen LogP contribution in [0.5, 0.6) is 5.75 Å². The van der Waals surface area contributed by atoms with Crippen molar-refractivity contribution in [1.82, 2.24) is 0 Å². The van der Waals surface area contributed by atoms with Gasteiger partial charge in [0.1, 0.15) is 5.75 Å². The quantitative estimate of drug-likeness (QED) is 0.601. The Hall–Kier alpha value is -1.52. The van der Waals surface area contributed by atoms with Crippen molar-refractivity contribution in [1.29, 1.82) is 0 Å². The van der Waals surface area contributed by atoms with Gasteiger partial charge in [0.15, 0.2) is 0 Å². The van der Waals surface area contributed by atoms with E-state index in [0.29, 0.717) is 6.42 Å². The Morgan fingerprint density at radius 1 is 1.41 bits per heavy atom. The Kier molecular flexibility index (Phi) is 4.15.